The van der Waals surface area contributed by atoms with E-state index in [4.69, 9.17) is 34.8 Å². The van der Waals surface area contributed by atoms with Crippen molar-refractivity contribution in [1.29, 1.82) is 0 Å². The van der Waals surface area contributed by atoms with E-state index in [9.17, 15) is 4.79 Å². The van der Waals surface area contributed by atoms with Gasteiger partial charge in [-0.2, -0.15) is 0 Å². The lowest BCUT2D eigenvalue weighted by atomic mass is 10.2. The van der Waals surface area contributed by atoms with Gasteiger partial charge in [-0.05, 0) is 25.5 Å². The quantitative estimate of drug-likeness (QED) is 0.764. The van der Waals surface area contributed by atoms with Crippen LogP contribution in [0.3, 0.4) is 0 Å². The molecule has 19 heavy (non-hydrogen) atoms. The third kappa shape index (κ3) is 5.09. The number of benzene rings is 1. The molecule has 1 rings (SSSR count). The minimum Gasteiger partial charge on any atom is -0.371 e. The van der Waals surface area contributed by atoms with Crippen molar-refractivity contribution in [3.63, 3.8) is 0 Å². The highest BCUT2D eigenvalue weighted by atomic mass is 35.5. The van der Waals surface area contributed by atoms with Crippen molar-refractivity contribution in [2.45, 2.75) is 32.7 Å². The molecule has 0 aliphatic rings. The Balaban J connectivity index is 2.66. The topological polar surface area (TPSA) is 41.1 Å². The first kappa shape index (κ1) is 16.4. The van der Waals surface area contributed by atoms with E-state index in [-0.39, 0.29) is 5.91 Å². The molecule has 1 aromatic carbocycles. The van der Waals surface area contributed by atoms with Crippen LogP contribution in [0.5, 0.6) is 0 Å². The van der Waals surface area contributed by atoms with Crippen LogP contribution in [0.4, 0.5) is 5.69 Å². The lowest BCUT2D eigenvalue weighted by molar-refractivity contribution is -0.121. The maximum Gasteiger partial charge on any atom is 0.242 e. The van der Waals surface area contributed by atoms with E-state index in [1.165, 1.54) is 0 Å². The van der Waals surface area contributed by atoms with Crippen molar-refractivity contribution >= 4 is 46.4 Å². The molecule has 1 aromatic rings. The highest BCUT2D eigenvalue weighted by Crippen LogP contribution is 2.34. The second-order valence-electron chi connectivity index (χ2n) is 4.26. The summed E-state index contributed by atoms with van der Waals surface area (Å²) in [6.07, 6.45) is 2.00. The number of carbonyl (C=O) groups is 1. The summed E-state index contributed by atoms with van der Waals surface area (Å²) >= 11 is 17.9. The average molecular weight is 324 g/mol. The fraction of sp³-hybridized carbons (Fsp3) is 0.462. The Kier molecular flexibility index (Phi) is 6.76. The van der Waals surface area contributed by atoms with Crippen LogP contribution >= 0.6 is 34.8 Å². The zero-order chi connectivity index (χ0) is 14.4. The summed E-state index contributed by atoms with van der Waals surface area (Å²) in [4.78, 5) is 11.8. The number of hydrogen-bond donors (Lipinski definition) is 2. The van der Waals surface area contributed by atoms with Crippen LogP contribution in [-0.2, 0) is 4.79 Å². The van der Waals surface area contributed by atoms with E-state index < -0.39 is 6.04 Å². The summed E-state index contributed by atoms with van der Waals surface area (Å²) in [7, 11) is 0. The summed E-state index contributed by atoms with van der Waals surface area (Å²) in [6.45, 7) is 4.49. The minimum absolute atomic E-state index is 0.0875. The number of amides is 1. The summed E-state index contributed by atoms with van der Waals surface area (Å²) in [5.74, 6) is -0.0875. The predicted molar refractivity (Wildman–Crippen MR) is 82.5 cm³/mol. The molecule has 0 bridgehead atoms. The van der Waals surface area contributed by atoms with E-state index in [0.717, 1.165) is 12.8 Å². The largest absolute Gasteiger partial charge is 0.371 e. The van der Waals surface area contributed by atoms with E-state index in [0.29, 0.717) is 27.3 Å². The SMILES string of the molecule is CCCCNC(=O)C(C)Nc1c(Cl)cc(Cl)cc1Cl. The Morgan fingerprint density at radius 3 is 2.37 bits per heavy atom. The van der Waals surface area contributed by atoms with Gasteiger partial charge in [-0.3, -0.25) is 4.79 Å². The molecule has 106 valence electrons. The van der Waals surface area contributed by atoms with Crippen LogP contribution in [0.1, 0.15) is 26.7 Å². The molecular formula is C13H17Cl3N2O. The van der Waals surface area contributed by atoms with Gasteiger partial charge in [0.25, 0.3) is 0 Å². The predicted octanol–water partition coefficient (Wildman–Crippen LogP) is 4.36. The van der Waals surface area contributed by atoms with Gasteiger partial charge in [-0.25, -0.2) is 0 Å². The fourth-order valence-corrected chi connectivity index (χ4v) is 2.43. The molecule has 0 aliphatic carbocycles. The van der Waals surface area contributed by atoms with Gasteiger partial charge in [0.2, 0.25) is 5.91 Å². The van der Waals surface area contributed by atoms with Crippen LogP contribution in [0, 0.1) is 0 Å². The maximum atomic E-state index is 11.8. The van der Waals surface area contributed by atoms with Gasteiger partial charge < -0.3 is 10.6 Å². The number of unbranched alkanes of at least 4 members (excludes halogenated alkanes) is 1. The van der Waals surface area contributed by atoms with Gasteiger partial charge in [0.15, 0.2) is 0 Å². The monoisotopic (exact) mass is 322 g/mol. The zero-order valence-corrected chi connectivity index (χ0v) is 13.2. The number of nitrogens with one attached hydrogen (secondary N) is 2. The number of hydrogen-bond acceptors (Lipinski definition) is 2. The molecule has 0 radical (unpaired) electrons. The van der Waals surface area contributed by atoms with Gasteiger partial charge >= 0.3 is 0 Å². The fourth-order valence-electron chi connectivity index (χ4n) is 1.50. The van der Waals surface area contributed by atoms with Gasteiger partial charge in [0, 0.05) is 11.6 Å². The summed E-state index contributed by atoms with van der Waals surface area (Å²) in [6, 6.07) is 2.74. The summed E-state index contributed by atoms with van der Waals surface area (Å²) < 4.78 is 0. The van der Waals surface area contributed by atoms with Crippen molar-refractivity contribution in [2.75, 3.05) is 11.9 Å². The first-order valence-corrected chi connectivity index (χ1v) is 7.28. The molecule has 0 spiro atoms. The molecule has 0 saturated heterocycles. The smallest absolute Gasteiger partial charge is 0.242 e. The van der Waals surface area contributed by atoms with Crippen LogP contribution in [0.25, 0.3) is 0 Å². The number of anilines is 1. The zero-order valence-electron chi connectivity index (χ0n) is 10.9. The standard InChI is InChI=1S/C13H17Cl3N2O/c1-3-4-5-17-13(19)8(2)18-12-10(15)6-9(14)7-11(12)16/h6-8,18H,3-5H2,1-2H3,(H,17,19). The van der Waals surface area contributed by atoms with Crippen molar-refractivity contribution < 1.29 is 4.79 Å². The van der Waals surface area contributed by atoms with E-state index in [1.54, 1.807) is 19.1 Å². The van der Waals surface area contributed by atoms with E-state index in [1.807, 2.05) is 0 Å². The van der Waals surface area contributed by atoms with E-state index >= 15 is 0 Å². The summed E-state index contributed by atoms with van der Waals surface area (Å²) in [5.41, 5.74) is 0.519. The number of halogens is 3. The molecule has 3 nitrogen and oxygen atoms in total. The second-order valence-corrected chi connectivity index (χ2v) is 5.51. The molecule has 0 heterocycles. The average Bonchev–Trinajstić information content (AvgIpc) is 2.33. The number of rotatable bonds is 6. The lowest BCUT2D eigenvalue weighted by Crippen LogP contribution is -2.38. The number of carbonyl (C=O) groups excluding carboxylic acids is 1. The van der Waals surface area contributed by atoms with Gasteiger partial charge in [-0.1, -0.05) is 48.1 Å². The summed E-state index contributed by atoms with van der Waals surface area (Å²) in [5, 5.41) is 7.09. The van der Waals surface area contributed by atoms with Crippen LogP contribution in [0.15, 0.2) is 12.1 Å². The molecule has 0 saturated carbocycles. The Bertz CT molecular complexity index is 429. The minimum atomic E-state index is -0.423. The first-order chi connectivity index (χ1) is 8.95. The van der Waals surface area contributed by atoms with Gasteiger partial charge in [-0.15, -0.1) is 0 Å². The molecule has 1 amide bonds. The molecule has 2 N–H and O–H groups in total. The highest BCUT2D eigenvalue weighted by molar-refractivity contribution is 6.41. The molecule has 1 atom stereocenters. The van der Waals surface area contributed by atoms with Crippen LogP contribution < -0.4 is 10.6 Å². The Hall–Kier alpha value is -0.640. The molecule has 0 fully saturated rings. The highest BCUT2D eigenvalue weighted by Gasteiger charge is 2.15. The first-order valence-electron chi connectivity index (χ1n) is 6.14. The van der Waals surface area contributed by atoms with Crippen molar-refractivity contribution in [1.82, 2.24) is 5.32 Å². The third-order valence-corrected chi connectivity index (χ3v) is 3.40. The molecule has 1 unspecified atom stereocenters. The maximum absolute atomic E-state index is 11.8. The van der Waals surface area contributed by atoms with Crippen molar-refractivity contribution in [3.05, 3.63) is 27.2 Å². The Labute approximate surface area is 128 Å². The van der Waals surface area contributed by atoms with Crippen LogP contribution in [0.2, 0.25) is 15.1 Å². The van der Waals surface area contributed by atoms with Crippen molar-refractivity contribution in [3.8, 4) is 0 Å². The molecule has 0 aliphatic heterocycles. The second kappa shape index (κ2) is 7.83. The van der Waals surface area contributed by atoms with E-state index in [2.05, 4.69) is 17.6 Å². The molecule has 6 heteroatoms. The van der Waals surface area contributed by atoms with Gasteiger partial charge in [0.05, 0.1) is 15.7 Å². The third-order valence-electron chi connectivity index (χ3n) is 2.59. The Morgan fingerprint density at radius 1 is 1.26 bits per heavy atom. The Morgan fingerprint density at radius 2 is 1.84 bits per heavy atom. The normalized spacial score (nSPS) is 12.1. The molecular weight excluding hydrogens is 307 g/mol. The van der Waals surface area contributed by atoms with Crippen molar-refractivity contribution in [2.24, 2.45) is 0 Å². The molecule has 0 aromatic heterocycles. The van der Waals surface area contributed by atoms with Crippen LogP contribution in [-0.4, -0.2) is 18.5 Å². The van der Waals surface area contributed by atoms with Gasteiger partial charge in [0.1, 0.15) is 6.04 Å². The lowest BCUT2D eigenvalue weighted by Gasteiger charge is -2.17.